The number of carbonyl (C=O) groups is 2. The SMILES string of the molecule is CC(C)NC(=O)OCOc1ccccc1/N=N/c1ccc(NC(=O)[C@H](C)N)nc1N. The molecule has 0 spiro atoms. The van der Waals surface area contributed by atoms with Gasteiger partial charge in [0.25, 0.3) is 0 Å². The number of benzene rings is 1. The van der Waals surface area contributed by atoms with E-state index in [1.54, 1.807) is 37.3 Å². The average Bonchev–Trinajstić information content (AvgIpc) is 2.67. The number of nitrogens with two attached hydrogens (primary N) is 2. The van der Waals surface area contributed by atoms with Crippen molar-refractivity contribution in [3.8, 4) is 5.75 Å². The summed E-state index contributed by atoms with van der Waals surface area (Å²) in [6.07, 6.45) is -0.584. The van der Waals surface area contributed by atoms with Crippen LogP contribution < -0.4 is 26.8 Å². The maximum Gasteiger partial charge on any atom is 0.410 e. The summed E-state index contributed by atoms with van der Waals surface area (Å²) in [5.74, 6) is 0.320. The van der Waals surface area contributed by atoms with Crippen LogP contribution in [0.1, 0.15) is 20.8 Å². The highest BCUT2D eigenvalue weighted by Crippen LogP contribution is 2.30. The summed E-state index contributed by atoms with van der Waals surface area (Å²) in [4.78, 5) is 27.2. The second kappa shape index (κ2) is 10.7. The summed E-state index contributed by atoms with van der Waals surface area (Å²) >= 11 is 0. The van der Waals surface area contributed by atoms with Crippen molar-refractivity contribution in [1.82, 2.24) is 10.3 Å². The largest absolute Gasteiger partial charge is 0.455 e. The Bertz CT molecular complexity index is 916. The summed E-state index contributed by atoms with van der Waals surface area (Å²) in [5.41, 5.74) is 12.1. The van der Waals surface area contributed by atoms with Gasteiger partial charge in [0.15, 0.2) is 11.6 Å². The van der Waals surface area contributed by atoms with E-state index in [2.05, 4.69) is 25.8 Å². The zero-order valence-electron chi connectivity index (χ0n) is 17.0. The van der Waals surface area contributed by atoms with Crippen LogP contribution in [0.4, 0.5) is 27.8 Å². The number of aromatic nitrogens is 1. The molecule has 0 aliphatic heterocycles. The lowest BCUT2D eigenvalue weighted by Gasteiger charge is -2.11. The van der Waals surface area contributed by atoms with Crippen LogP contribution in [0.5, 0.6) is 5.75 Å². The number of amides is 2. The molecule has 1 aromatic heterocycles. The molecule has 160 valence electrons. The number of anilines is 2. The zero-order valence-corrected chi connectivity index (χ0v) is 17.0. The molecule has 1 atom stereocenters. The van der Waals surface area contributed by atoms with Crippen molar-refractivity contribution in [3.63, 3.8) is 0 Å². The molecule has 11 nitrogen and oxygen atoms in total. The molecule has 0 aliphatic carbocycles. The van der Waals surface area contributed by atoms with E-state index in [4.69, 9.17) is 20.9 Å². The molecule has 1 aromatic carbocycles. The van der Waals surface area contributed by atoms with Gasteiger partial charge in [0.05, 0.1) is 6.04 Å². The van der Waals surface area contributed by atoms with E-state index >= 15 is 0 Å². The van der Waals surface area contributed by atoms with Crippen molar-refractivity contribution in [2.24, 2.45) is 16.0 Å². The second-order valence-corrected chi connectivity index (χ2v) is 6.54. The molecule has 0 fully saturated rings. The highest BCUT2D eigenvalue weighted by molar-refractivity contribution is 5.93. The van der Waals surface area contributed by atoms with Crippen LogP contribution in [-0.4, -0.2) is 35.9 Å². The Morgan fingerprint density at radius 3 is 2.47 bits per heavy atom. The van der Waals surface area contributed by atoms with E-state index in [0.717, 1.165) is 0 Å². The first kappa shape index (κ1) is 22.6. The molecular weight excluding hydrogens is 390 g/mol. The predicted molar refractivity (Wildman–Crippen MR) is 112 cm³/mol. The second-order valence-electron chi connectivity index (χ2n) is 6.54. The van der Waals surface area contributed by atoms with Gasteiger partial charge in [-0.2, -0.15) is 0 Å². The van der Waals surface area contributed by atoms with Gasteiger partial charge < -0.3 is 31.6 Å². The van der Waals surface area contributed by atoms with Crippen molar-refractivity contribution in [2.75, 3.05) is 17.8 Å². The predicted octanol–water partition coefficient (Wildman–Crippen LogP) is 2.84. The molecule has 0 unspecified atom stereocenters. The van der Waals surface area contributed by atoms with Gasteiger partial charge in [-0.05, 0) is 45.0 Å². The van der Waals surface area contributed by atoms with Crippen molar-refractivity contribution in [1.29, 1.82) is 0 Å². The molecule has 2 amide bonds. The van der Waals surface area contributed by atoms with E-state index in [9.17, 15) is 9.59 Å². The fraction of sp³-hybridized carbons (Fsp3) is 0.316. The lowest BCUT2D eigenvalue weighted by atomic mass is 10.3. The third kappa shape index (κ3) is 7.02. The van der Waals surface area contributed by atoms with E-state index < -0.39 is 12.1 Å². The van der Waals surface area contributed by atoms with Crippen LogP contribution in [0.25, 0.3) is 0 Å². The van der Waals surface area contributed by atoms with E-state index in [1.165, 1.54) is 6.07 Å². The Kier molecular flexibility index (Phi) is 8.06. The lowest BCUT2D eigenvalue weighted by molar-refractivity contribution is -0.117. The number of nitrogens with zero attached hydrogens (tertiary/aromatic N) is 3. The molecule has 0 saturated heterocycles. The number of nitrogen functional groups attached to an aromatic ring is 1. The minimum Gasteiger partial charge on any atom is -0.455 e. The molecule has 2 rings (SSSR count). The lowest BCUT2D eigenvalue weighted by Crippen LogP contribution is -2.32. The molecular formula is C19H25N7O4. The summed E-state index contributed by atoms with van der Waals surface area (Å²) in [6, 6.07) is 9.21. The van der Waals surface area contributed by atoms with Crippen LogP contribution in [0.2, 0.25) is 0 Å². The normalized spacial score (nSPS) is 11.9. The van der Waals surface area contributed by atoms with Crippen molar-refractivity contribution >= 4 is 35.0 Å². The molecule has 1 heterocycles. The van der Waals surface area contributed by atoms with Crippen molar-refractivity contribution in [3.05, 3.63) is 36.4 Å². The molecule has 0 saturated carbocycles. The Hall–Kier alpha value is -3.73. The fourth-order valence-corrected chi connectivity index (χ4v) is 2.06. The average molecular weight is 415 g/mol. The van der Waals surface area contributed by atoms with Crippen molar-refractivity contribution in [2.45, 2.75) is 32.9 Å². The van der Waals surface area contributed by atoms with Gasteiger partial charge >= 0.3 is 6.09 Å². The summed E-state index contributed by atoms with van der Waals surface area (Å²) in [5, 5.41) is 13.3. The van der Waals surface area contributed by atoms with Crippen LogP contribution in [0.15, 0.2) is 46.6 Å². The molecule has 6 N–H and O–H groups in total. The van der Waals surface area contributed by atoms with Crippen LogP contribution in [0.3, 0.4) is 0 Å². The van der Waals surface area contributed by atoms with Gasteiger partial charge in [0.1, 0.15) is 17.2 Å². The quantitative estimate of drug-likeness (QED) is 0.380. The third-order valence-electron chi connectivity index (χ3n) is 3.51. The van der Waals surface area contributed by atoms with E-state index in [-0.39, 0.29) is 30.4 Å². The third-order valence-corrected chi connectivity index (χ3v) is 3.51. The number of para-hydroxylation sites is 1. The number of rotatable bonds is 8. The van der Waals surface area contributed by atoms with Crippen LogP contribution in [-0.2, 0) is 9.53 Å². The minimum atomic E-state index is -0.677. The van der Waals surface area contributed by atoms with Gasteiger partial charge in [-0.25, -0.2) is 9.78 Å². The van der Waals surface area contributed by atoms with Gasteiger partial charge in [0.2, 0.25) is 12.7 Å². The summed E-state index contributed by atoms with van der Waals surface area (Å²) < 4.78 is 10.4. The smallest absolute Gasteiger partial charge is 0.410 e. The maximum atomic E-state index is 11.6. The van der Waals surface area contributed by atoms with Gasteiger partial charge in [-0.15, -0.1) is 10.2 Å². The minimum absolute atomic E-state index is 0.0453. The van der Waals surface area contributed by atoms with E-state index in [0.29, 0.717) is 17.1 Å². The van der Waals surface area contributed by atoms with Crippen LogP contribution >= 0.6 is 0 Å². The first-order chi connectivity index (χ1) is 14.3. The monoisotopic (exact) mass is 415 g/mol. The van der Waals surface area contributed by atoms with Gasteiger partial charge in [-0.1, -0.05) is 12.1 Å². The number of nitrogens with one attached hydrogen (secondary N) is 2. The van der Waals surface area contributed by atoms with Crippen LogP contribution in [0, 0.1) is 0 Å². The molecule has 0 radical (unpaired) electrons. The summed E-state index contributed by atoms with van der Waals surface area (Å²) in [7, 11) is 0. The summed E-state index contributed by atoms with van der Waals surface area (Å²) in [6.45, 7) is 4.90. The van der Waals surface area contributed by atoms with Gasteiger partial charge in [-0.3, -0.25) is 4.79 Å². The highest BCUT2D eigenvalue weighted by Gasteiger charge is 2.10. The highest BCUT2D eigenvalue weighted by atomic mass is 16.7. The Labute approximate surface area is 173 Å². The van der Waals surface area contributed by atoms with Crippen molar-refractivity contribution < 1.29 is 19.1 Å². The Balaban J connectivity index is 2.04. The molecule has 0 bridgehead atoms. The maximum absolute atomic E-state index is 11.6. The zero-order chi connectivity index (χ0) is 22.1. The fourth-order valence-electron chi connectivity index (χ4n) is 2.06. The first-order valence-electron chi connectivity index (χ1n) is 9.16. The molecule has 2 aromatic rings. The van der Waals surface area contributed by atoms with E-state index in [1.807, 2.05) is 13.8 Å². The standard InChI is InChI=1S/C19H25N7O4/c1-11(2)22-19(28)30-10-29-15-7-5-4-6-13(15)25-26-14-8-9-16(23-17(14)21)24-18(27)12(3)20/h4-9,11-12H,10,20H2,1-3H3,(H,22,28)(H3,21,23,24,27)/b26-25+/t12-/m0/s1. The topological polar surface area (TPSA) is 166 Å². The molecule has 0 aliphatic rings. The van der Waals surface area contributed by atoms with Gasteiger partial charge in [0, 0.05) is 6.04 Å². The Morgan fingerprint density at radius 2 is 1.80 bits per heavy atom. The number of ether oxygens (including phenoxy) is 2. The number of alkyl carbamates (subject to hydrolysis) is 1. The number of pyridine rings is 1. The molecule has 11 heteroatoms. The number of azo groups is 1. The first-order valence-corrected chi connectivity index (χ1v) is 9.16. The number of hydrogen-bond donors (Lipinski definition) is 4. The number of carbonyl (C=O) groups excluding carboxylic acids is 2. The Morgan fingerprint density at radius 1 is 1.10 bits per heavy atom. The number of hydrogen-bond acceptors (Lipinski definition) is 9. The molecule has 30 heavy (non-hydrogen) atoms.